The van der Waals surface area contributed by atoms with Crippen LogP contribution in [0.25, 0.3) is 0 Å². The van der Waals surface area contributed by atoms with Crippen LogP contribution in [-0.4, -0.2) is 48.0 Å². The Balaban J connectivity index is 1.88. The summed E-state index contributed by atoms with van der Waals surface area (Å²) in [4.78, 5) is 18.8. The minimum absolute atomic E-state index is 0.120. The van der Waals surface area contributed by atoms with Crippen LogP contribution in [0.5, 0.6) is 0 Å². The lowest BCUT2D eigenvalue weighted by Crippen LogP contribution is -2.54. The van der Waals surface area contributed by atoms with Crippen LogP contribution >= 0.6 is 0 Å². The monoisotopic (exact) mass is 222 g/mol. The lowest BCUT2D eigenvalue weighted by Gasteiger charge is -2.28. The second-order valence-corrected chi connectivity index (χ2v) is 4.82. The largest absolute Gasteiger partial charge is 0.340 e. The SMILES string of the molecule is CCN=C1NC(=O)C2(CCN3CCCC32)N1. The van der Waals surface area contributed by atoms with Crippen molar-refractivity contribution in [1.82, 2.24) is 15.5 Å². The van der Waals surface area contributed by atoms with Gasteiger partial charge in [-0.1, -0.05) is 0 Å². The van der Waals surface area contributed by atoms with Gasteiger partial charge in [0, 0.05) is 19.1 Å². The Hall–Kier alpha value is -1.10. The molecule has 1 spiro atoms. The second kappa shape index (κ2) is 3.45. The van der Waals surface area contributed by atoms with E-state index in [-0.39, 0.29) is 11.4 Å². The smallest absolute Gasteiger partial charge is 0.254 e. The Morgan fingerprint density at radius 2 is 2.44 bits per heavy atom. The van der Waals surface area contributed by atoms with Crippen LogP contribution in [0.1, 0.15) is 26.2 Å². The summed E-state index contributed by atoms with van der Waals surface area (Å²) < 4.78 is 0. The van der Waals surface area contributed by atoms with E-state index in [2.05, 4.69) is 20.5 Å². The van der Waals surface area contributed by atoms with Crippen LogP contribution in [0, 0.1) is 0 Å². The van der Waals surface area contributed by atoms with Crippen LogP contribution in [0.2, 0.25) is 0 Å². The maximum absolute atomic E-state index is 12.1. The number of carbonyl (C=O) groups is 1. The molecule has 2 unspecified atom stereocenters. The van der Waals surface area contributed by atoms with E-state index >= 15 is 0 Å². The molecule has 3 heterocycles. The summed E-state index contributed by atoms with van der Waals surface area (Å²) in [5.74, 6) is 0.787. The van der Waals surface area contributed by atoms with Crippen LogP contribution in [0.4, 0.5) is 0 Å². The number of guanidine groups is 1. The number of rotatable bonds is 1. The van der Waals surface area contributed by atoms with Crippen molar-refractivity contribution < 1.29 is 4.79 Å². The number of nitrogens with one attached hydrogen (secondary N) is 2. The quantitative estimate of drug-likeness (QED) is 0.640. The summed E-state index contributed by atoms with van der Waals surface area (Å²) >= 11 is 0. The molecule has 5 heteroatoms. The molecule has 1 amide bonds. The standard InChI is InChI=1S/C11H18N4O/c1-2-12-10-13-9(16)11(14-10)5-7-15-6-3-4-8(11)15/h8H,2-7H2,1H3,(H2,12,13,14,16). The first-order valence-corrected chi connectivity index (χ1v) is 6.14. The molecule has 3 aliphatic heterocycles. The van der Waals surface area contributed by atoms with Gasteiger partial charge in [0.15, 0.2) is 5.96 Å². The number of nitrogens with zero attached hydrogens (tertiary/aromatic N) is 2. The maximum atomic E-state index is 12.1. The third-order valence-electron chi connectivity index (χ3n) is 4.02. The Labute approximate surface area is 95.3 Å². The number of aliphatic imine (C=N–C) groups is 1. The molecule has 0 radical (unpaired) electrons. The lowest BCUT2D eigenvalue weighted by atomic mass is 9.89. The van der Waals surface area contributed by atoms with Gasteiger partial charge in [-0.25, -0.2) is 0 Å². The van der Waals surface area contributed by atoms with E-state index in [1.165, 1.54) is 6.42 Å². The number of fused-ring (bicyclic) bond motifs is 2. The molecule has 3 rings (SSSR count). The van der Waals surface area contributed by atoms with E-state index in [4.69, 9.17) is 0 Å². The second-order valence-electron chi connectivity index (χ2n) is 4.82. The van der Waals surface area contributed by atoms with Crippen molar-refractivity contribution in [2.24, 2.45) is 4.99 Å². The molecular weight excluding hydrogens is 204 g/mol. The average molecular weight is 222 g/mol. The van der Waals surface area contributed by atoms with Gasteiger partial charge in [-0.3, -0.25) is 20.0 Å². The van der Waals surface area contributed by atoms with Gasteiger partial charge >= 0.3 is 0 Å². The molecule has 0 aliphatic carbocycles. The van der Waals surface area contributed by atoms with E-state index in [0.29, 0.717) is 18.5 Å². The van der Waals surface area contributed by atoms with Gasteiger partial charge in [-0.15, -0.1) is 0 Å². The van der Waals surface area contributed by atoms with E-state index < -0.39 is 0 Å². The van der Waals surface area contributed by atoms with Gasteiger partial charge in [-0.05, 0) is 32.7 Å². The Morgan fingerprint density at radius 1 is 1.56 bits per heavy atom. The van der Waals surface area contributed by atoms with E-state index in [9.17, 15) is 4.79 Å². The van der Waals surface area contributed by atoms with Crippen molar-refractivity contribution in [3.05, 3.63) is 0 Å². The topological polar surface area (TPSA) is 56.7 Å². The number of hydrogen-bond acceptors (Lipinski definition) is 3. The first kappa shape index (κ1) is 10.1. The highest BCUT2D eigenvalue weighted by molar-refractivity contribution is 6.09. The molecule has 5 nitrogen and oxygen atoms in total. The average Bonchev–Trinajstić information content (AvgIpc) is 2.88. The van der Waals surface area contributed by atoms with Crippen molar-refractivity contribution in [2.45, 2.75) is 37.8 Å². The number of hydrogen-bond donors (Lipinski definition) is 2. The maximum Gasteiger partial charge on any atom is 0.254 e. The summed E-state index contributed by atoms with van der Waals surface area (Å²) in [6, 6.07) is 0.372. The van der Waals surface area contributed by atoms with Gasteiger partial charge in [0.2, 0.25) is 0 Å². The molecule has 0 aromatic rings. The van der Waals surface area contributed by atoms with E-state index in [0.717, 1.165) is 25.9 Å². The first-order valence-electron chi connectivity index (χ1n) is 6.14. The summed E-state index contributed by atoms with van der Waals surface area (Å²) in [5.41, 5.74) is -0.384. The highest BCUT2D eigenvalue weighted by atomic mass is 16.2. The molecular formula is C11H18N4O. The Bertz CT molecular complexity index is 354. The molecule has 3 fully saturated rings. The van der Waals surface area contributed by atoms with Crippen molar-refractivity contribution in [3.63, 3.8) is 0 Å². The number of carbonyl (C=O) groups excluding carboxylic acids is 1. The molecule has 0 aromatic carbocycles. The van der Waals surface area contributed by atoms with Crippen LogP contribution in [0.15, 0.2) is 4.99 Å². The van der Waals surface area contributed by atoms with Crippen molar-refractivity contribution in [3.8, 4) is 0 Å². The van der Waals surface area contributed by atoms with Gasteiger partial charge < -0.3 is 5.32 Å². The molecule has 88 valence electrons. The third-order valence-corrected chi connectivity index (χ3v) is 4.02. The van der Waals surface area contributed by atoms with Crippen LogP contribution in [-0.2, 0) is 4.79 Å². The normalized spacial score (nSPS) is 40.4. The summed E-state index contributed by atoms with van der Waals surface area (Å²) in [7, 11) is 0. The van der Waals surface area contributed by atoms with Gasteiger partial charge in [0.1, 0.15) is 5.54 Å². The zero-order valence-electron chi connectivity index (χ0n) is 9.62. The highest BCUT2D eigenvalue weighted by Crippen LogP contribution is 2.37. The minimum Gasteiger partial charge on any atom is -0.340 e. The molecule has 2 atom stereocenters. The van der Waals surface area contributed by atoms with E-state index in [1.54, 1.807) is 0 Å². The van der Waals surface area contributed by atoms with Gasteiger partial charge in [0.05, 0.1) is 0 Å². The first-order chi connectivity index (χ1) is 7.76. The predicted molar refractivity (Wildman–Crippen MR) is 61.2 cm³/mol. The van der Waals surface area contributed by atoms with Crippen molar-refractivity contribution in [1.29, 1.82) is 0 Å². The molecule has 0 aromatic heterocycles. The zero-order valence-corrected chi connectivity index (χ0v) is 9.62. The number of amides is 1. The summed E-state index contributed by atoms with van der Waals surface area (Å²) in [6.45, 7) is 4.85. The fourth-order valence-electron chi connectivity index (χ4n) is 3.30. The lowest BCUT2D eigenvalue weighted by molar-refractivity contribution is -0.124. The third kappa shape index (κ3) is 1.21. The predicted octanol–water partition coefficient (Wildman–Crippen LogP) is -0.311. The Kier molecular flexibility index (Phi) is 2.17. The molecule has 3 aliphatic rings. The van der Waals surface area contributed by atoms with Gasteiger partial charge in [-0.2, -0.15) is 0 Å². The van der Waals surface area contributed by atoms with Gasteiger partial charge in [0.25, 0.3) is 5.91 Å². The molecule has 16 heavy (non-hydrogen) atoms. The molecule has 3 saturated heterocycles. The summed E-state index contributed by atoms with van der Waals surface area (Å²) in [6.07, 6.45) is 3.24. The van der Waals surface area contributed by atoms with Crippen molar-refractivity contribution in [2.75, 3.05) is 19.6 Å². The van der Waals surface area contributed by atoms with Crippen molar-refractivity contribution >= 4 is 11.9 Å². The Morgan fingerprint density at radius 3 is 3.25 bits per heavy atom. The fourth-order valence-corrected chi connectivity index (χ4v) is 3.30. The summed E-state index contributed by atoms with van der Waals surface area (Å²) in [5, 5.41) is 6.21. The zero-order chi connectivity index (χ0) is 11.2. The molecule has 0 saturated carbocycles. The fraction of sp³-hybridized carbons (Fsp3) is 0.818. The molecule has 0 bridgehead atoms. The minimum atomic E-state index is -0.384. The highest BCUT2D eigenvalue weighted by Gasteiger charge is 2.57. The van der Waals surface area contributed by atoms with Crippen LogP contribution < -0.4 is 10.6 Å². The van der Waals surface area contributed by atoms with E-state index in [1.807, 2.05) is 6.92 Å². The molecule has 2 N–H and O–H groups in total. The van der Waals surface area contributed by atoms with Crippen LogP contribution in [0.3, 0.4) is 0 Å².